The highest BCUT2D eigenvalue weighted by atomic mass is 16.7. The molecule has 26 heavy (non-hydrogen) atoms. The van der Waals surface area contributed by atoms with Crippen molar-refractivity contribution in [1.29, 1.82) is 0 Å². The van der Waals surface area contributed by atoms with Gasteiger partial charge in [0.2, 0.25) is 0 Å². The minimum Gasteiger partial charge on any atom is -0.497 e. The van der Waals surface area contributed by atoms with Crippen LogP contribution in [0.5, 0.6) is 11.5 Å². The molecule has 0 spiro atoms. The van der Waals surface area contributed by atoms with E-state index in [9.17, 15) is 4.79 Å². The first-order valence-corrected chi connectivity index (χ1v) is 8.84. The van der Waals surface area contributed by atoms with Crippen molar-refractivity contribution < 1.29 is 19.0 Å². The van der Waals surface area contributed by atoms with Gasteiger partial charge in [0.25, 0.3) is 0 Å². The van der Waals surface area contributed by atoms with Gasteiger partial charge in [-0.1, -0.05) is 38.1 Å². The molecule has 0 radical (unpaired) electrons. The Morgan fingerprint density at radius 3 is 2.46 bits per heavy atom. The van der Waals surface area contributed by atoms with Gasteiger partial charge in [0.15, 0.2) is 6.23 Å². The SMILES string of the molecule is CCN(c1cccc(OC)c1)C(C)OC(=O)Oc1ccccc1C(C)C. The smallest absolute Gasteiger partial charge is 0.497 e. The quantitative estimate of drug-likeness (QED) is 0.387. The maximum absolute atomic E-state index is 12.3. The highest BCUT2D eigenvalue weighted by Gasteiger charge is 2.20. The largest absolute Gasteiger partial charge is 0.515 e. The van der Waals surface area contributed by atoms with Gasteiger partial charge in [-0.15, -0.1) is 0 Å². The van der Waals surface area contributed by atoms with Crippen LogP contribution in [0.15, 0.2) is 48.5 Å². The van der Waals surface area contributed by atoms with Crippen molar-refractivity contribution in [3.63, 3.8) is 0 Å². The van der Waals surface area contributed by atoms with Crippen molar-refractivity contribution in [3.8, 4) is 11.5 Å². The minimum atomic E-state index is -0.716. The van der Waals surface area contributed by atoms with Gasteiger partial charge < -0.3 is 19.1 Å². The molecule has 2 rings (SSSR count). The summed E-state index contributed by atoms with van der Waals surface area (Å²) in [6, 6.07) is 15.1. The third-order valence-corrected chi connectivity index (χ3v) is 4.17. The number of hydrogen-bond donors (Lipinski definition) is 0. The molecule has 0 aliphatic carbocycles. The zero-order chi connectivity index (χ0) is 19.1. The number of ether oxygens (including phenoxy) is 3. The van der Waals surface area contributed by atoms with E-state index in [1.807, 2.05) is 61.2 Å². The molecule has 1 atom stereocenters. The second kappa shape index (κ2) is 9.13. The lowest BCUT2D eigenvalue weighted by Gasteiger charge is -2.29. The van der Waals surface area contributed by atoms with E-state index in [1.54, 1.807) is 13.2 Å². The van der Waals surface area contributed by atoms with E-state index in [0.717, 1.165) is 17.0 Å². The molecule has 0 heterocycles. The Bertz CT molecular complexity index is 729. The molecule has 5 heteroatoms. The first-order valence-electron chi connectivity index (χ1n) is 8.84. The van der Waals surface area contributed by atoms with E-state index in [0.29, 0.717) is 12.3 Å². The summed E-state index contributed by atoms with van der Waals surface area (Å²) in [6.45, 7) is 8.59. The molecule has 0 N–H and O–H groups in total. The van der Waals surface area contributed by atoms with Gasteiger partial charge in [0, 0.05) is 18.3 Å². The number of hydrogen-bond acceptors (Lipinski definition) is 5. The van der Waals surface area contributed by atoms with Crippen LogP contribution in [0.3, 0.4) is 0 Å². The normalized spacial score (nSPS) is 11.8. The highest BCUT2D eigenvalue weighted by Crippen LogP contribution is 2.27. The molecule has 5 nitrogen and oxygen atoms in total. The lowest BCUT2D eigenvalue weighted by atomic mass is 10.0. The van der Waals surface area contributed by atoms with Crippen LogP contribution in [0, 0.1) is 0 Å². The fraction of sp³-hybridized carbons (Fsp3) is 0.381. The van der Waals surface area contributed by atoms with E-state index in [1.165, 1.54) is 0 Å². The number of rotatable bonds is 7. The zero-order valence-electron chi connectivity index (χ0n) is 16.1. The summed E-state index contributed by atoms with van der Waals surface area (Å²) >= 11 is 0. The number of para-hydroxylation sites is 1. The van der Waals surface area contributed by atoms with Crippen molar-refractivity contribution in [2.75, 3.05) is 18.6 Å². The summed E-state index contributed by atoms with van der Waals surface area (Å²) in [4.78, 5) is 14.2. The second-order valence-electron chi connectivity index (χ2n) is 6.25. The molecule has 140 valence electrons. The van der Waals surface area contributed by atoms with Gasteiger partial charge in [-0.3, -0.25) is 0 Å². The molecule has 2 aromatic carbocycles. The standard InChI is InChI=1S/C21H27NO4/c1-6-22(17-10-9-11-18(14-17)24-5)16(4)25-21(23)26-20-13-8-7-12-19(20)15(2)3/h7-16H,6H2,1-5H3. The fourth-order valence-electron chi connectivity index (χ4n) is 2.81. The van der Waals surface area contributed by atoms with Gasteiger partial charge in [-0.05, 0) is 43.5 Å². The van der Waals surface area contributed by atoms with Crippen LogP contribution >= 0.6 is 0 Å². The van der Waals surface area contributed by atoms with E-state index in [4.69, 9.17) is 14.2 Å². The molecule has 0 saturated heterocycles. The van der Waals surface area contributed by atoms with Crippen LogP contribution in [0.2, 0.25) is 0 Å². The number of carbonyl (C=O) groups is 1. The first-order chi connectivity index (χ1) is 12.5. The molecule has 0 aliphatic rings. The molecular formula is C21H27NO4. The Hall–Kier alpha value is -2.69. The summed E-state index contributed by atoms with van der Waals surface area (Å²) in [7, 11) is 1.62. The van der Waals surface area contributed by atoms with E-state index in [-0.39, 0.29) is 5.92 Å². The van der Waals surface area contributed by atoms with Crippen molar-refractivity contribution in [2.24, 2.45) is 0 Å². The monoisotopic (exact) mass is 357 g/mol. The molecule has 1 unspecified atom stereocenters. The third kappa shape index (κ3) is 4.91. The van der Waals surface area contributed by atoms with Crippen LogP contribution in [0.25, 0.3) is 0 Å². The Balaban J connectivity index is 2.07. The molecular weight excluding hydrogens is 330 g/mol. The fourth-order valence-corrected chi connectivity index (χ4v) is 2.81. The zero-order valence-corrected chi connectivity index (χ0v) is 16.1. The van der Waals surface area contributed by atoms with Crippen molar-refractivity contribution in [3.05, 3.63) is 54.1 Å². The molecule has 0 aliphatic heterocycles. The number of anilines is 1. The third-order valence-electron chi connectivity index (χ3n) is 4.17. The Labute approximate surface area is 155 Å². The van der Waals surface area contributed by atoms with Gasteiger partial charge in [-0.25, -0.2) is 4.79 Å². The van der Waals surface area contributed by atoms with Crippen LogP contribution in [-0.2, 0) is 4.74 Å². The van der Waals surface area contributed by atoms with Gasteiger partial charge in [-0.2, -0.15) is 0 Å². The van der Waals surface area contributed by atoms with Crippen LogP contribution in [0.1, 0.15) is 39.2 Å². The maximum Gasteiger partial charge on any atom is 0.515 e. The van der Waals surface area contributed by atoms with Gasteiger partial charge >= 0.3 is 6.16 Å². The van der Waals surface area contributed by atoms with Crippen molar-refractivity contribution >= 4 is 11.8 Å². The lowest BCUT2D eigenvalue weighted by molar-refractivity contribution is 0.0642. The molecule has 0 aromatic heterocycles. The van der Waals surface area contributed by atoms with Crippen molar-refractivity contribution in [1.82, 2.24) is 0 Å². The number of methoxy groups -OCH3 is 1. The maximum atomic E-state index is 12.3. The first kappa shape index (κ1) is 19.6. The summed E-state index contributed by atoms with van der Waals surface area (Å²) in [5, 5.41) is 0. The topological polar surface area (TPSA) is 48.0 Å². The van der Waals surface area contributed by atoms with E-state index < -0.39 is 12.4 Å². The van der Waals surface area contributed by atoms with Gasteiger partial charge in [0.05, 0.1) is 7.11 Å². The minimum absolute atomic E-state index is 0.250. The average Bonchev–Trinajstić information content (AvgIpc) is 2.62. The summed E-state index contributed by atoms with van der Waals surface area (Å²) in [6.07, 6.45) is -1.20. The lowest BCUT2D eigenvalue weighted by Crippen LogP contribution is -2.37. The highest BCUT2D eigenvalue weighted by molar-refractivity contribution is 5.65. The number of benzene rings is 2. The second-order valence-corrected chi connectivity index (χ2v) is 6.25. The molecule has 0 saturated carbocycles. The number of carbonyl (C=O) groups excluding carboxylic acids is 1. The van der Waals surface area contributed by atoms with Crippen LogP contribution < -0.4 is 14.4 Å². The van der Waals surface area contributed by atoms with Crippen LogP contribution in [-0.4, -0.2) is 26.0 Å². The summed E-state index contributed by atoms with van der Waals surface area (Å²) in [5.74, 6) is 1.53. The predicted molar refractivity (Wildman–Crippen MR) is 103 cm³/mol. The Morgan fingerprint density at radius 2 is 1.81 bits per heavy atom. The Morgan fingerprint density at radius 1 is 1.08 bits per heavy atom. The number of nitrogens with zero attached hydrogens (tertiary/aromatic N) is 1. The molecule has 2 aromatic rings. The average molecular weight is 357 g/mol. The Kier molecular flexibility index (Phi) is 6.89. The molecule has 0 amide bonds. The van der Waals surface area contributed by atoms with Crippen LogP contribution in [0.4, 0.5) is 10.5 Å². The summed E-state index contributed by atoms with van der Waals surface area (Å²) < 4.78 is 16.2. The van der Waals surface area contributed by atoms with Gasteiger partial charge in [0.1, 0.15) is 11.5 Å². The molecule has 0 fully saturated rings. The van der Waals surface area contributed by atoms with E-state index in [2.05, 4.69) is 13.8 Å². The predicted octanol–water partition coefficient (Wildman–Crippen LogP) is 5.21. The molecule has 0 bridgehead atoms. The van der Waals surface area contributed by atoms with Crippen molar-refractivity contribution in [2.45, 2.75) is 39.8 Å². The summed E-state index contributed by atoms with van der Waals surface area (Å²) in [5.41, 5.74) is 1.88. The van der Waals surface area contributed by atoms with E-state index >= 15 is 0 Å².